The number of halogens is 2. The lowest BCUT2D eigenvalue weighted by molar-refractivity contribution is -0.123. The minimum absolute atomic E-state index is 0.246. The molecule has 3 amide bonds. The van der Waals surface area contributed by atoms with Gasteiger partial charge >= 0.3 is 6.03 Å². The van der Waals surface area contributed by atoms with E-state index >= 15 is 0 Å². The van der Waals surface area contributed by atoms with E-state index in [9.17, 15) is 9.59 Å². The molecule has 1 fully saturated rings. The summed E-state index contributed by atoms with van der Waals surface area (Å²) in [5.41, 5.74) is 2.03. The highest BCUT2D eigenvalue weighted by atomic mass is 79.9. The van der Waals surface area contributed by atoms with Gasteiger partial charge in [0.15, 0.2) is 0 Å². The molecule has 0 bridgehead atoms. The average Bonchev–Trinajstić information content (AvgIpc) is 2.79. The zero-order chi connectivity index (χ0) is 16.4. The largest absolute Gasteiger partial charge is 0.329 e. The Bertz CT molecular complexity index is 783. The van der Waals surface area contributed by atoms with Crippen molar-refractivity contribution in [3.05, 3.63) is 74.3 Å². The van der Waals surface area contributed by atoms with Crippen LogP contribution in [0, 0.1) is 0 Å². The molecule has 2 aromatic carbocycles. The van der Waals surface area contributed by atoms with Gasteiger partial charge in [0.1, 0.15) is 5.70 Å². The number of imide groups is 1. The number of nitrogens with one attached hydrogen (secondary N) is 1. The van der Waals surface area contributed by atoms with E-state index in [-0.39, 0.29) is 18.1 Å². The second-order valence-electron chi connectivity index (χ2n) is 5.06. The summed E-state index contributed by atoms with van der Waals surface area (Å²) < 4.78 is 1.91. The maximum Gasteiger partial charge on any atom is 0.329 e. The number of nitrogens with zero attached hydrogens (tertiary/aromatic N) is 1. The van der Waals surface area contributed by atoms with Crippen LogP contribution in [0.2, 0.25) is 0 Å². The van der Waals surface area contributed by atoms with Gasteiger partial charge in [-0.1, -0.05) is 56.1 Å². The van der Waals surface area contributed by atoms with E-state index in [1.54, 1.807) is 6.08 Å². The summed E-state index contributed by atoms with van der Waals surface area (Å²) in [4.78, 5) is 25.7. The van der Waals surface area contributed by atoms with E-state index in [4.69, 9.17) is 0 Å². The average molecular weight is 436 g/mol. The minimum atomic E-state index is -0.402. The van der Waals surface area contributed by atoms with Crippen LogP contribution in [0.15, 0.2) is 63.2 Å². The van der Waals surface area contributed by atoms with Gasteiger partial charge in [-0.3, -0.25) is 9.69 Å². The second kappa shape index (κ2) is 6.68. The predicted octanol–water partition coefficient (Wildman–Crippen LogP) is 4.30. The van der Waals surface area contributed by atoms with E-state index in [2.05, 4.69) is 37.2 Å². The molecule has 6 heteroatoms. The quantitative estimate of drug-likeness (QED) is 0.577. The number of hydrogen-bond donors (Lipinski definition) is 1. The highest BCUT2D eigenvalue weighted by Gasteiger charge is 2.33. The van der Waals surface area contributed by atoms with E-state index < -0.39 is 6.03 Å². The fourth-order valence-corrected chi connectivity index (χ4v) is 2.74. The summed E-state index contributed by atoms with van der Waals surface area (Å²) >= 11 is 6.72. The predicted molar refractivity (Wildman–Crippen MR) is 95.3 cm³/mol. The molecule has 0 aromatic heterocycles. The van der Waals surface area contributed by atoms with Crippen molar-refractivity contribution in [2.24, 2.45) is 0 Å². The van der Waals surface area contributed by atoms with Crippen LogP contribution < -0.4 is 5.32 Å². The lowest BCUT2D eigenvalue weighted by Crippen LogP contribution is -2.30. The number of carbonyl (C=O) groups is 2. The first-order chi connectivity index (χ1) is 11.0. The number of hydrogen-bond acceptors (Lipinski definition) is 2. The van der Waals surface area contributed by atoms with Gasteiger partial charge in [0.2, 0.25) is 0 Å². The van der Waals surface area contributed by atoms with Crippen LogP contribution in [0.3, 0.4) is 0 Å². The summed E-state index contributed by atoms with van der Waals surface area (Å²) in [6.07, 6.45) is 1.67. The van der Waals surface area contributed by atoms with Gasteiger partial charge in [0, 0.05) is 8.95 Å². The Morgan fingerprint density at radius 2 is 1.48 bits per heavy atom. The van der Waals surface area contributed by atoms with Gasteiger partial charge in [-0.2, -0.15) is 0 Å². The van der Waals surface area contributed by atoms with Gasteiger partial charge in [0.25, 0.3) is 5.91 Å². The number of urea groups is 1. The summed E-state index contributed by atoms with van der Waals surface area (Å²) in [5, 5.41) is 2.63. The Labute approximate surface area is 150 Å². The van der Waals surface area contributed by atoms with Crippen LogP contribution in [0.5, 0.6) is 0 Å². The van der Waals surface area contributed by atoms with Crippen molar-refractivity contribution in [1.82, 2.24) is 10.2 Å². The van der Waals surface area contributed by atoms with E-state index in [0.717, 1.165) is 20.1 Å². The normalized spacial score (nSPS) is 16.1. The molecule has 0 aliphatic carbocycles. The number of carbonyl (C=O) groups excluding carboxylic acids is 2. The van der Waals surface area contributed by atoms with Crippen molar-refractivity contribution in [2.75, 3.05) is 0 Å². The molecule has 0 unspecified atom stereocenters. The van der Waals surface area contributed by atoms with Gasteiger partial charge in [-0.25, -0.2) is 4.79 Å². The topological polar surface area (TPSA) is 49.4 Å². The van der Waals surface area contributed by atoms with Gasteiger partial charge < -0.3 is 5.32 Å². The first-order valence-electron chi connectivity index (χ1n) is 6.87. The molecule has 0 spiro atoms. The highest BCUT2D eigenvalue weighted by Crippen LogP contribution is 2.19. The summed E-state index contributed by atoms with van der Waals surface area (Å²) in [6, 6.07) is 14.6. The lowest BCUT2D eigenvalue weighted by atomic mass is 10.2. The van der Waals surface area contributed by atoms with E-state index in [1.165, 1.54) is 4.90 Å². The molecule has 1 saturated heterocycles. The second-order valence-corrected chi connectivity index (χ2v) is 6.89. The third-order valence-corrected chi connectivity index (χ3v) is 4.45. The van der Waals surface area contributed by atoms with Crippen LogP contribution in [0.25, 0.3) is 6.08 Å². The van der Waals surface area contributed by atoms with Crippen LogP contribution >= 0.6 is 31.9 Å². The molecule has 1 aliphatic rings. The Balaban J connectivity index is 1.79. The molecule has 23 heavy (non-hydrogen) atoms. The highest BCUT2D eigenvalue weighted by molar-refractivity contribution is 9.10. The molecular formula is C17H12Br2N2O2. The van der Waals surface area contributed by atoms with E-state index in [1.807, 2.05) is 48.5 Å². The van der Waals surface area contributed by atoms with Crippen LogP contribution in [0.4, 0.5) is 4.79 Å². The maximum absolute atomic E-state index is 12.4. The molecule has 0 saturated carbocycles. The molecule has 2 aromatic rings. The Morgan fingerprint density at radius 3 is 2.09 bits per heavy atom. The van der Waals surface area contributed by atoms with Crippen molar-refractivity contribution in [3.8, 4) is 0 Å². The van der Waals surface area contributed by atoms with E-state index in [0.29, 0.717) is 0 Å². The zero-order valence-electron chi connectivity index (χ0n) is 11.9. The first kappa shape index (κ1) is 16.0. The number of rotatable bonds is 3. The summed E-state index contributed by atoms with van der Waals surface area (Å²) in [6.45, 7) is 0.246. The molecule has 116 valence electrons. The molecule has 0 radical (unpaired) electrons. The standard InChI is InChI=1S/C17H12Br2N2O2/c18-13-5-1-11(2-6-13)9-15-16(22)21(17(23)20-15)10-12-3-7-14(19)8-4-12/h1-9H,10H2,(H,20,23)/b15-9-. The third kappa shape index (κ3) is 3.71. The smallest absolute Gasteiger partial charge is 0.303 e. The maximum atomic E-state index is 12.4. The van der Waals surface area contributed by atoms with Gasteiger partial charge in [-0.15, -0.1) is 0 Å². The van der Waals surface area contributed by atoms with Crippen molar-refractivity contribution < 1.29 is 9.59 Å². The van der Waals surface area contributed by atoms with Crippen molar-refractivity contribution >= 4 is 49.9 Å². The van der Waals surface area contributed by atoms with Crippen molar-refractivity contribution in [3.63, 3.8) is 0 Å². The summed E-state index contributed by atoms with van der Waals surface area (Å²) in [7, 11) is 0. The fraction of sp³-hybridized carbons (Fsp3) is 0.0588. The van der Waals surface area contributed by atoms with Crippen molar-refractivity contribution in [1.29, 1.82) is 0 Å². The van der Waals surface area contributed by atoms with Crippen LogP contribution in [-0.4, -0.2) is 16.8 Å². The van der Waals surface area contributed by atoms with Gasteiger partial charge in [0.05, 0.1) is 6.54 Å². The number of amides is 3. The molecule has 1 aliphatic heterocycles. The Hall–Kier alpha value is -1.92. The first-order valence-corrected chi connectivity index (χ1v) is 8.46. The molecule has 3 rings (SSSR count). The Kier molecular flexibility index (Phi) is 4.63. The molecule has 4 nitrogen and oxygen atoms in total. The third-order valence-electron chi connectivity index (χ3n) is 3.40. The SMILES string of the molecule is O=C1N/C(=C\c2ccc(Br)cc2)C(=O)N1Cc1ccc(Br)cc1. The monoisotopic (exact) mass is 434 g/mol. The molecule has 1 heterocycles. The molecule has 1 N–H and O–H groups in total. The van der Waals surface area contributed by atoms with Crippen molar-refractivity contribution in [2.45, 2.75) is 6.54 Å². The molecular weight excluding hydrogens is 424 g/mol. The number of benzene rings is 2. The summed E-state index contributed by atoms with van der Waals surface area (Å²) in [5.74, 6) is -0.319. The van der Waals surface area contributed by atoms with Gasteiger partial charge in [-0.05, 0) is 41.5 Å². The van der Waals surface area contributed by atoms with Crippen LogP contribution in [0.1, 0.15) is 11.1 Å². The minimum Gasteiger partial charge on any atom is -0.303 e. The van der Waals surface area contributed by atoms with Crippen LogP contribution in [-0.2, 0) is 11.3 Å². The lowest BCUT2D eigenvalue weighted by Gasteiger charge is -2.11. The zero-order valence-corrected chi connectivity index (χ0v) is 15.1. The molecule has 0 atom stereocenters. The fourth-order valence-electron chi connectivity index (χ4n) is 2.21. The Morgan fingerprint density at radius 1 is 0.913 bits per heavy atom.